The third-order valence-electron chi connectivity index (χ3n) is 3.00. The van der Waals surface area contributed by atoms with Gasteiger partial charge in [0, 0.05) is 23.0 Å². The van der Waals surface area contributed by atoms with Crippen molar-refractivity contribution in [3.8, 4) is 5.75 Å². The van der Waals surface area contributed by atoms with Gasteiger partial charge < -0.3 is 16.2 Å². The second-order valence-electron chi connectivity index (χ2n) is 4.53. The highest BCUT2D eigenvalue weighted by Gasteiger charge is 2.08. The van der Waals surface area contributed by atoms with Gasteiger partial charge in [-0.05, 0) is 49.2 Å². The summed E-state index contributed by atoms with van der Waals surface area (Å²) in [7, 11) is 0. The molecule has 4 N–H and O–H groups in total. The van der Waals surface area contributed by atoms with Gasteiger partial charge in [-0.25, -0.2) is 0 Å². The van der Waals surface area contributed by atoms with Gasteiger partial charge in [-0.1, -0.05) is 6.07 Å². The zero-order chi connectivity index (χ0) is 14.0. The maximum Gasteiger partial charge on any atom is 0.255 e. The van der Waals surface area contributed by atoms with E-state index in [1.54, 1.807) is 37.3 Å². The molecule has 0 unspecified atom stereocenters. The van der Waals surface area contributed by atoms with Crippen LogP contribution in [0.15, 0.2) is 36.4 Å². The van der Waals surface area contributed by atoms with Crippen LogP contribution in [-0.2, 0) is 0 Å². The van der Waals surface area contributed by atoms with Crippen molar-refractivity contribution in [3.05, 3.63) is 53.1 Å². The van der Waals surface area contributed by atoms with Crippen molar-refractivity contribution in [1.29, 1.82) is 0 Å². The Labute approximate surface area is 111 Å². The number of carbonyl (C=O) groups excluding carboxylic acids is 1. The van der Waals surface area contributed by atoms with Gasteiger partial charge in [0.1, 0.15) is 5.75 Å². The fraction of sp³-hybridized carbons (Fsp3) is 0.133. The van der Waals surface area contributed by atoms with E-state index < -0.39 is 0 Å². The number of hydrogen-bond acceptors (Lipinski definition) is 3. The number of amides is 1. The first-order chi connectivity index (χ1) is 8.97. The molecule has 0 aliphatic rings. The molecule has 0 heterocycles. The zero-order valence-corrected chi connectivity index (χ0v) is 10.9. The highest BCUT2D eigenvalue weighted by molar-refractivity contribution is 6.04. The van der Waals surface area contributed by atoms with Crippen molar-refractivity contribution in [1.82, 2.24) is 0 Å². The number of phenols is 1. The summed E-state index contributed by atoms with van der Waals surface area (Å²) in [6.07, 6.45) is 0. The van der Waals surface area contributed by atoms with Gasteiger partial charge in [0.25, 0.3) is 5.91 Å². The first kappa shape index (κ1) is 13.0. The summed E-state index contributed by atoms with van der Waals surface area (Å²) < 4.78 is 0. The normalized spacial score (nSPS) is 10.2. The quantitative estimate of drug-likeness (QED) is 0.723. The van der Waals surface area contributed by atoms with E-state index in [1.807, 2.05) is 6.92 Å². The van der Waals surface area contributed by atoms with Crippen LogP contribution in [0.5, 0.6) is 5.75 Å². The molecular formula is C15H16N2O2. The fourth-order valence-electron chi connectivity index (χ4n) is 1.71. The number of carbonyl (C=O) groups is 1. The van der Waals surface area contributed by atoms with E-state index in [9.17, 15) is 9.90 Å². The van der Waals surface area contributed by atoms with Gasteiger partial charge in [0.05, 0.1) is 0 Å². The lowest BCUT2D eigenvalue weighted by Crippen LogP contribution is -2.12. The smallest absolute Gasteiger partial charge is 0.255 e. The number of nitrogens with one attached hydrogen (secondary N) is 1. The van der Waals surface area contributed by atoms with Gasteiger partial charge in [-0.3, -0.25) is 4.79 Å². The van der Waals surface area contributed by atoms with E-state index in [-0.39, 0.29) is 11.7 Å². The Balaban J connectivity index is 2.20. The largest absolute Gasteiger partial charge is 0.508 e. The molecule has 0 aliphatic heterocycles. The Hall–Kier alpha value is -2.49. The molecule has 4 nitrogen and oxygen atoms in total. The van der Waals surface area contributed by atoms with Crippen LogP contribution in [0.3, 0.4) is 0 Å². The summed E-state index contributed by atoms with van der Waals surface area (Å²) in [6, 6.07) is 10.1. The topological polar surface area (TPSA) is 75.3 Å². The van der Waals surface area contributed by atoms with E-state index in [0.717, 1.165) is 11.1 Å². The highest BCUT2D eigenvalue weighted by atomic mass is 16.3. The Kier molecular flexibility index (Phi) is 3.42. The van der Waals surface area contributed by atoms with Crippen LogP contribution in [0.4, 0.5) is 11.4 Å². The minimum absolute atomic E-state index is 0.159. The van der Waals surface area contributed by atoms with Crippen molar-refractivity contribution in [3.63, 3.8) is 0 Å². The molecule has 2 aromatic carbocycles. The second-order valence-corrected chi connectivity index (χ2v) is 4.53. The van der Waals surface area contributed by atoms with Gasteiger partial charge in [-0.15, -0.1) is 0 Å². The average Bonchev–Trinajstić information content (AvgIpc) is 2.37. The third kappa shape index (κ3) is 2.85. The molecule has 0 saturated carbocycles. The van der Waals surface area contributed by atoms with Crippen molar-refractivity contribution < 1.29 is 9.90 Å². The Morgan fingerprint density at radius 2 is 1.84 bits per heavy atom. The third-order valence-corrected chi connectivity index (χ3v) is 3.00. The number of phenolic OH excluding ortho intramolecular Hbond substituents is 1. The SMILES string of the molecule is Cc1cc(C(=O)Nc2ccc(C)c(O)c2)ccc1N. The molecule has 0 atom stereocenters. The number of benzene rings is 2. The van der Waals surface area contributed by atoms with Crippen LogP contribution in [0, 0.1) is 13.8 Å². The highest BCUT2D eigenvalue weighted by Crippen LogP contribution is 2.21. The molecule has 0 saturated heterocycles. The van der Waals surface area contributed by atoms with Crippen molar-refractivity contribution >= 4 is 17.3 Å². The van der Waals surface area contributed by atoms with Crippen molar-refractivity contribution in [2.24, 2.45) is 0 Å². The molecule has 19 heavy (non-hydrogen) atoms. The fourth-order valence-corrected chi connectivity index (χ4v) is 1.71. The maximum atomic E-state index is 12.0. The molecule has 0 aromatic heterocycles. The second kappa shape index (κ2) is 5.02. The molecular weight excluding hydrogens is 240 g/mol. The molecule has 2 aromatic rings. The van der Waals surface area contributed by atoms with Crippen LogP contribution < -0.4 is 11.1 Å². The summed E-state index contributed by atoms with van der Waals surface area (Å²) in [5.74, 6) is -0.0716. The summed E-state index contributed by atoms with van der Waals surface area (Å²) in [5.41, 5.74) is 9.09. The Morgan fingerprint density at radius 3 is 2.47 bits per heavy atom. The molecule has 2 rings (SSSR count). The number of nitrogens with two attached hydrogens (primary N) is 1. The Morgan fingerprint density at radius 1 is 1.11 bits per heavy atom. The summed E-state index contributed by atoms with van der Waals surface area (Å²) in [5, 5.41) is 12.3. The average molecular weight is 256 g/mol. The van der Waals surface area contributed by atoms with Crippen LogP contribution in [0.25, 0.3) is 0 Å². The molecule has 0 spiro atoms. The van der Waals surface area contributed by atoms with Crippen LogP contribution in [-0.4, -0.2) is 11.0 Å². The predicted molar refractivity (Wildman–Crippen MR) is 76.4 cm³/mol. The summed E-state index contributed by atoms with van der Waals surface area (Å²) in [4.78, 5) is 12.0. The van der Waals surface area contributed by atoms with E-state index in [2.05, 4.69) is 5.32 Å². The van der Waals surface area contributed by atoms with E-state index >= 15 is 0 Å². The van der Waals surface area contributed by atoms with Gasteiger partial charge >= 0.3 is 0 Å². The van der Waals surface area contributed by atoms with Gasteiger partial charge in [-0.2, -0.15) is 0 Å². The molecule has 0 bridgehead atoms. The minimum atomic E-state index is -0.230. The van der Waals surface area contributed by atoms with E-state index in [0.29, 0.717) is 16.9 Å². The molecule has 4 heteroatoms. The first-order valence-corrected chi connectivity index (χ1v) is 5.94. The molecule has 0 radical (unpaired) electrons. The monoisotopic (exact) mass is 256 g/mol. The van der Waals surface area contributed by atoms with Crippen molar-refractivity contribution in [2.45, 2.75) is 13.8 Å². The Bertz CT molecular complexity index is 636. The lowest BCUT2D eigenvalue weighted by Gasteiger charge is -2.08. The van der Waals surface area contributed by atoms with Crippen LogP contribution in [0.1, 0.15) is 21.5 Å². The number of hydrogen-bond donors (Lipinski definition) is 3. The maximum absolute atomic E-state index is 12.0. The van der Waals surface area contributed by atoms with Crippen LogP contribution >= 0.6 is 0 Å². The van der Waals surface area contributed by atoms with Gasteiger partial charge in [0.2, 0.25) is 0 Å². The molecule has 98 valence electrons. The predicted octanol–water partition coefficient (Wildman–Crippen LogP) is 2.84. The minimum Gasteiger partial charge on any atom is -0.508 e. The number of nitrogen functional groups attached to an aromatic ring is 1. The molecule has 0 aliphatic carbocycles. The molecule has 1 amide bonds. The number of anilines is 2. The van der Waals surface area contributed by atoms with Crippen LogP contribution in [0.2, 0.25) is 0 Å². The lowest BCUT2D eigenvalue weighted by molar-refractivity contribution is 0.102. The summed E-state index contributed by atoms with van der Waals surface area (Å²) in [6.45, 7) is 3.65. The number of aryl methyl sites for hydroxylation is 2. The molecule has 0 fully saturated rings. The number of rotatable bonds is 2. The van der Waals surface area contributed by atoms with E-state index in [1.165, 1.54) is 6.07 Å². The van der Waals surface area contributed by atoms with E-state index in [4.69, 9.17) is 5.73 Å². The number of aromatic hydroxyl groups is 1. The summed E-state index contributed by atoms with van der Waals surface area (Å²) >= 11 is 0. The van der Waals surface area contributed by atoms with Crippen molar-refractivity contribution in [2.75, 3.05) is 11.1 Å². The zero-order valence-electron chi connectivity index (χ0n) is 10.9. The van der Waals surface area contributed by atoms with Gasteiger partial charge in [0.15, 0.2) is 0 Å². The standard InChI is InChI=1S/C15H16N2O2/c1-9-3-5-12(8-14(9)18)17-15(19)11-4-6-13(16)10(2)7-11/h3-8,18H,16H2,1-2H3,(H,17,19). The lowest BCUT2D eigenvalue weighted by atomic mass is 10.1. The first-order valence-electron chi connectivity index (χ1n) is 5.94.